The Bertz CT molecular complexity index is 1070. The van der Waals surface area contributed by atoms with Gasteiger partial charge in [0.2, 0.25) is 29.5 Å². The fraction of sp³-hybridized carbons (Fsp3) is 0.656. The van der Waals surface area contributed by atoms with Gasteiger partial charge in [-0.05, 0) is 48.5 Å². The number of amides is 5. The summed E-state index contributed by atoms with van der Waals surface area (Å²) in [7, 11) is 0. The van der Waals surface area contributed by atoms with E-state index >= 15 is 0 Å². The predicted octanol–water partition coefficient (Wildman–Crippen LogP) is 2.46. The largest absolute Gasteiger partial charge is 0.343 e. The Morgan fingerprint density at radius 2 is 0.857 bits per heavy atom. The van der Waals surface area contributed by atoms with Gasteiger partial charge in [0.25, 0.3) is 0 Å². The summed E-state index contributed by atoms with van der Waals surface area (Å²) in [5.74, 6) is -2.57. The third kappa shape index (κ3) is 11.1. The number of carbonyl (C=O) groups is 5. The van der Waals surface area contributed by atoms with E-state index in [-0.39, 0.29) is 30.1 Å². The Labute approximate surface area is 250 Å². The highest BCUT2D eigenvalue weighted by molar-refractivity contribution is 5.98. The molecule has 5 N–H and O–H groups in total. The van der Waals surface area contributed by atoms with Gasteiger partial charge in [-0.25, -0.2) is 0 Å². The summed E-state index contributed by atoms with van der Waals surface area (Å²) in [6.45, 7) is 15.3. The van der Waals surface area contributed by atoms with Gasteiger partial charge in [-0.2, -0.15) is 0 Å². The van der Waals surface area contributed by atoms with E-state index in [4.69, 9.17) is 0 Å². The molecule has 10 nitrogen and oxygen atoms in total. The summed E-state index contributed by atoms with van der Waals surface area (Å²) in [5.41, 5.74) is 0.830. The number of carbonyl (C=O) groups excluding carboxylic acids is 5. The topological polar surface area (TPSA) is 146 Å². The van der Waals surface area contributed by atoms with Gasteiger partial charge < -0.3 is 26.6 Å². The van der Waals surface area contributed by atoms with E-state index < -0.39 is 59.7 Å². The molecule has 0 aromatic heterocycles. The van der Waals surface area contributed by atoms with E-state index in [2.05, 4.69) is 26.6 Å². The highest BCUT2D eigenvalue weighted by Crippen LogP contribution is 2.14. The lowest BCUT2D eigenvalue weighted by atomic mass is 9.98. The number of nitrogens with one attached hydrogen (secondary N) is 5. The second kappa shape index (κ2) is 16.3. The normalized spacial score (nSPS) is 25.0. The minimum Gasteiger partial charge on any atom is -0.343 e. The lowest BCUT2D eigenvalue weighted by Gasteiger charge is -2.28. The highest BCUT2D eigenvalue weighted by atomic mass is 16.2. The average molecular weight is 586 g/mol. The van der Waals surface area contributed by atoms with E-state index in [9.17, 15) is 24.0 Å². The molecule has 2 rings (SSSR count). The first kappa shape index (κ1) is 34.8. The van der Waals surface area contributed by atoms with Crippen LogP contribution >= 0.6 is 0 Å². The maximum atomic E-state index is 13.7. The third-order valence-electron chi connectivity index (χ3n) is 7.18. The fourth-order valence-electron chi connectivity index (χ4n) is 5.04. The van der Waals surface area contributed by atoms with Crippen molar-refractivity contribution in [2.45, 2.75) is 111 Å². The van der Waals surface area contributed by atoms with Crippen LogP contribution < -0.4 is 26.6 Å². The number of rotatable bonds is 9. The molecular formula is C32H51N5O5. The maximum Gasteiger partial charge on any atom is 0.243 e. The molecule has 5 atom stereocenters. The van der Waals surface area contributed by atoms with E-state index in [0.717, 1.165) is 5.56 Å². The molecule has 234 valence electrons. The number of hydrogen-bond donors (Lipinski definition) is 5. The first-order chi connectivity index (χ1) is 19.7. The summed E-state index contributed by atoms with van der Waals surface area (Å²) >= 11 is 0. The van der Waals surface area contributed by atoms with E-state index in [1.54, 1.807) is 0 Å². The van der Waals surface area contributed by atoms with Crippen LogP contribution in [-0.4, -0.2) is 59.7 Å². The van der Waals surface area contributed by atoms with Crippen molar-refractivity contribution in [3.05, 3.63) is 35.9 Å². The van der Waals surface area contributed by atoms with Crippen LogP contribution in [0, 0.1) is 23.7 Å². The molecule has 1 saturated heterocycles. The van der Waals surface area contributed by atoms with Crippen LogP contribution in [0.15, 0.2) is 30.3 Å². The minimum absolute atomic E-state index is 0.0595. The van der Waals surface area contributed by atoms with Gasteiger partial charge in [0.1, 0.15) is 30.2 Å². The van der Waals surface area contributed by atoms with Gasteiger partial charge in [0, 0.05) is 6.42 Å². The Morgan fingerprint density at radius 3 is 1.26 bits per heavy atom. The Balaban J connectivity index is 2.59. The van der Waals surface area contributed by atoms with Crippen molar-refractivity contribution in [2.24, 2.45) is 23.7 Å². The molecule has 10 heteroatoms. The quantitative estimate of drug-likeness (QED) is 0.302. The molecular weight excluding hydrogens is 534 g/mol. The van der Waals surface area contributed by atoms with Crippen molar-refractivity contribution in [2.75, 3.05) is 0 Å². The van der Waals surface area contributed by atoms with E-state index in [1.165, 1.54) is 0 Å². The molecule has 1 aliphatic heterocycles. The Hall–Kier alpha value is -3.43. The molecule has 0 aliphatic carbocycles. The van der Waals surface area contributed by atoms with Crippen molar-refractivity contribution in [1.29, 1.82) is 0 Å². The monoisotopic (exact) mass is 585 g/mol. The van der Waals surface area contributed by atoms with Gasteiger partial charge in [0.05, 0.1) is 0 Å². The van der Waals surface area contributed by atoms with Crippen LogP contribution in [0.2, 0.25) is 0 Å². The molecule has 0 spiro atoms. The van der Waals surface area contributed by atoms with Gasteiger partial charge >= 0.3 is 0 Å². The van der Waals surface area contributed by atoms with Crippen LogP contribution in [0.4, 0.5) is 0 Å². The molecule has 42 heavy (non-hydrogen) atoms. The average Bonchev–Trinajstić information content (AvgIpc) is 2.89. The molecule has 0 bridgehead atoms. The van der Waals surface area contributed by atoms with Crippen molar-refractivity contribution in [3.63, 3.8) is 0 Å². The molecule has 0 radical (unpaired) electrons. The number of benzene rings is 1. The maximum absolute atomic E-state index is 13.7. The van der Waals surface area contributed by atoms with Crippen LogP contribution in [0.25, 0.3) is 0 Å². The van der Waals surface area contributed by atoms with E-state index in [0.29, 0.717) is 19.3 Å². The highest BCUT2D eigenvalue weighted by Gasteiger charge is 2.36. The van der Waals surface area contributed by atoms with Gasteiger partial charge in [-0.3, -0.25) is 24.0 Å². The zero-order chi connectivity index (χ0) is 31.6. The molecule has 1 fully saturated rings. The van der Waals surface area contributed by atoms with Gasteiger partial charge in [-0.15, -0.1) is 0 Å². The SMILES string of the molecule is CC(C)C[C@@H]1NC(=O)[C@H](Cc2ccccc2)NC(=O)[C@H](CC(C)C)NC(=O)[C@@H](C(C)C)NC(=O)[C@H](CC(C)C)NC1=O. The molecule has 1 aliphatic rings. The van der Waals surface area contributed by atoms with Crippen molar-refractivity contribution in [3.8, 4) is 0 Å². The molecule has 0 saturated carbocycles. The molecule has 1 aromatic carbocycles. The molecule has 1 aromatic rings. The summed E-state index contributed by atoms with van der Waals surface area (Å²) in [6, 6.07) is 4.61. The lowest BCUT2D eigenvalue weighted by Crippen LogP contribution is -2.59. The zero-order valence-electron chi connectivity index (χ0n) is 26.5. The van der Waals surface area contributed by atoms with Crippen LogP contribution in [0.5, 0.6) is 0 Å². The smallest absolute Gasteiger partial charge is 0.243 e. The van der Waals surface area contributed by atoms with Crippen LogP contribution in [0.3, 0.4) is 0 Å². The third-order valence-corrected chi connectivity index (χ3v) is 7.18. The summed E-state index contributed by atoms with van der Waals surface area (Å²) in [4.78, 5) is 68.0. The van der Waals surface area contributed by atoms with Crippen molar-refractivity contribution >= 4 is 29.5 Å². The second-order valence-electron chi connectivity index (χ2n) is 13.1. The summed E-state index contributed by atoms with van der Waals surface area (Å²) in [6.07, 6.45) is 1.21. The minimum atomic E-state index is -0.994. The van der Waals surface area contributed by atoms with Crippen molar-refractivity contribution in [1.82, 2.24) is 26.6 Å². The van der Waals surface area contributed by atoms with Crippen molar-refractivity contribution < 1.29 is 24.0 Å². The first-order valence-corrected chi connectivity index (χ1v) is 15.2. The Morgan fingerprint density at radius 1 is 0.500 bits per heavy atom. The number of hydrogen-bond acceptors (Lipinski definition) is 5. The fourth-order valence-corrected chi connectivity index (χ4v) is 5.04. The Kier molecular flexibility index (Phi) is 13.5. The van der Waals surface area contributed by atoms with E-state index in [1.807, 2.05) is 85.7 Å². The van der Waals surface area contributed by atoms with Gasteiger partial charge in [0.15, 0.2) is 0 Å². The molecule has 1 heterocycles. The summed E-state index contributed by atoms with van der Waals surface area (Å²) < 4.78 is 0. The standard InChI is InChI=1S/C32H51N5O5/c1-18(2)14-23-28(38)34-25(16-20(5)6)31(41)37-27(21(7)8)32(42)36-24(15-19(3)4)29(39)35-26(30(40)33-23)17-22-12-10-9-11-13-22/h9-13,18-21,23-27H,14-17H2,1-8H3,(H,33,40)(H,34,38)(H,35,39)(H,36,42)(H,37,41)/t23-,24-,25-,26-,27+/m0/s1. The predicted molar refractivity (Wildman–Crippen MR) is 163 cm³/mol. The first-order valence-electron chi connectivity index (χ1n) is 15.2. The molecule has 0 unspecified atom stereocenters. The second-order valence-corrected chi connectivity index (χ2v) is 13.1. The van der Waals surface area contributed by atoms with Gasteiger partial charge in [-0.1, -0.05) is 85.7 Å². The lowest BCUT2D eigenvalue weighted by molar-refractivity contribution is -0.135. The molecule has 5 amide bonds. The van der Waals surface area contributed by atoms with Crippen LogP contribution in [0.1, 0.15) is 80.2 Å². The zero-order valence-corrected chi connectivity index (χ0v) is 26.5. The summed E-state index contributed by atoms with van der Waals surface area (Å²) in [5, 5.41) is 14.2. The van der Waals surface area contributed by atoms with Crippen LogP contribution in [-0.2, 0) is 30.4 Å².